The molecule has 5 heteroatoms. The van der Waals surface area contributed by atoms with E-state index in [1.807, 2.05) is 30.3 Å². The number of nitrogens with zero attached hydrogens (tertiary/aromatic N) is 1. The van der Waals surface area contributed by atoms with Gasteiger partial charge in [0.2, 0.25) is 0 Å². The van der Waals surface area contributed by atoms with Crippen LogP contribution in [0.5, 0.6) is 0 Å². The molecule has 0 aliphatic rings. The summed E-state index contributed by atoms with van der Waals surface area (Å²) in [6.45, 7) is 0.127. The van der Waals surface area contributed by atoms with Gasteiger partial charge >= 0.3 is 0 Å². The summed E-state index contributed by atoms with van der Waals surface area (Å²) in [6, 6.07) is 17.7. The van der Waals surface area contributed by atoms with Crippen molar-refractivity contribution in [3.63, 3.8) is 0 Å². The molecule has 1 aromatic heterocycles. The molecule has 0 fully saturated rings. The number of carbonyl (C=O) groups is 1. The predicted octanol–water partition coefficient (Wildman–Crippen LogP) is 3.89. The molecule has 120 valence electrons. The van der Waals surface area contributed by atoms with Crippen LogP contribution in [0.1, 0.15) is 15.9 Å². The van der Waals surface area contributed by atoms with Gasteiger partial charge in [0.05, 0.1) is 17.4 Å². The van der Waals surface area contributed by atoms with Crippen molar-refractivity contribution >= 4 is 17.3 Å². The molecule has 3 rings (SSSR count). The number of pyridine rings is 1. The Kier molecular flexibility index (Phi) is 4.81. The highest BCUT2D eigenvalue weighted by Crippen LogP contribution is 2.16. The fourth-order valence-electron chi connectivity index (χ4n) is 2.24. The maximum Gasteiger partial charge on any atom is 0.253 e. The highest BCUT2D eigenvalue weighted by atomic mass is 19.1. The van der Waals surface area contributed by atoms with Gasteiger partial charge in [0.15, 0.2) is 0 Å². The maximum atomic E-state index is 13.6. The molecule has 0 saturated carbocycles. The van der Waals surface area contributed by atoms with Crippen molar-refractivity contribution in [2.24, 2.45) is 0 Å². The van der Waals surface area contributed by atoms with Crippen LogP contribution in [-0.4, -0.2) is 10.9 Å². The zero-order valence-electron chi connectivity index (χ0n) is 12.9. The Hall–Kier alpha value is -3.21. The number of anilines is 2. The van der Waals surface area contributed by atoms with E-state index in [4.69, 9.17) is 0 Å². The molecule has 2 N–H and O–H groups in total. The van der Waals surface area contributed by atoms with Gasteiger partial charge in [-0.2, -0.15) is 0 Å². The average Bonchev–Trinajstić information content (AvgIpc) is 2.62. The first-order valence-corrected chi connectivity index (χ1v) is 7.51. The Balaban J connectivity index is 1.67. The van der Waals surface area contributed by atoms with E-state index in [1.54, 1.807) is 30.5 Å². The van der Waals surface area contributed by atoms with Gasteiger partial charge < -0.3 is 10.6 Å². The van der Waals surface area contributed by atoms with Gasteiger partial charge in [0.25, 0.3) is 5.91 Å². The van der Waals surface area contributed by atoms with Gasteiger partial charge in [-0.25, -0.2) is 4.39 Å². The van der Waals surface area contributed by atoms with Crippen LogP contribution in [-0.2, 0) is 6.54 Å². The maximum absolute atomic E-state index is 13.6. The van der Waals surface area contributed by atoms with Crippen LogP contribution in [0.15, 0.2) is 73.1 Å². The second kappa shape index (κ2) is 7.37. The van der Waals surface area contributed by atoms with E-state index in [0.717, 1.165) is 5.69 Å². The van der Waals surface area contributed by atoms with Crippen LogP contribution in [0.3, 0.4) is 0 Å². The van der Waals surface area contributed by atoms with Crippen molar-refractivity contribution in [1.82, 2.24) is 10.3 Å². The van der Waals surface area contributed by atoms with Gasteiger partial charge in [-0.3, -0.25) is 9.78 Å². The smallest absolute Gasteiger partial charge is 0.253 e. The Morgan fingerprint density at radius 3 is 2.50 bits per heavy atom. The van der Waals surface area contributed by atoms with Crippen LogP contribution in [0.4, 0.5) is 15.8 Å². The zero-order chi connectivity index (χ0) is 16.8. The lowest BCUT2D eigenvalue weighted by Crippen LogP contribution is -2.23. The number of hydrogen-bond donors (Lipinski definition) is 2. The fourth-order valence-corrected chi connectivity index (χ4v) is 2.24. The molecular formula is C19H16FN3O. The molecule has 1 heterocycles. The minimum absolute atomic E-state index is 0.127. The number of hydrogen-bond acceptors (Lipinski definition) is 3. The van der Waals surface area contributed by atoms with E-state index in [0.29, 0.717) is 16.8 Å². The number of nitrogens with one attached hydrogen (secondary N) is 2. The number of para-hydroxylation sites is 1. The molecule has 1 amide bonds. The van der Waals surface area contributed by atoms with Crippen LogP contribution >= 0.6 is 0 Å². The van der Waals surface area contributed by atoms with E-state index in [1.165, 1.54) is 12.3 Å². The highest BCUT2D eigenvalue weighted by molar-refractivity contribution is 5.94. The molecule has 0 unspecified atom stereocenters. The second-order valence-corrected chi connectivity index (χ2v) is 5.23. The van der Waals surface area contributed by atoms with Crippen molar-refractivity contribution in [3.05, 3.63) is 90.0 Å². The van der Waals surface area contributed by atoms with Gasteiger partial charge in [-0.15, -0.1) is 0 Å². The summed E-state index contributed by atoms with van der Waals surface area (Å²) in [4.78, 5) is 16.3. The molecule has 0 spiro atoms. The first kappa shape index (κ1) is 15.7. The standard InChI is InChI=1S/C19H16FN3O/c20-18-9-5-4-6-14(18)12-22-19(24)15-10-17(13-21-11-15)23-16-7-2-1-3-8-16/h1-11,13,23H,12H2,(H,22,24). The summed E-state index contributed by atoms with van der Waals surface area (Å²) in [7, 11) is 0. The monoisotopic (exact) mass is 321 g/mol. The minimum atomic E-state index is -0.338. The summed E-state index contributed by atoms with van der Waals surface area (Å²) in [6.07, 6.45) is 3.12. The fraction of sp³-hybridized carbons (Fsp3) is 0.0526. The van der Waals surface area contributed by atoms with Gasteiger partial charge in [-0.05, 0) is 24.3 Å². The van der Waals surface area contributed by atoms with E-state index < -0.39 is 0 Å². The molecule has 0 atom stereocenters. The van der Waals surface area contributed by atoms with E-state index in [2.05, 4.69) is 15.6 Å². The summed E-state index contributed by atoms with van der Waals surface area (Å²) < 4.78 is 13.6. The summed E-state index contributed by atoms with van der Waals surface area (Å²) >= 11 is 0. The topological polar surface area (TPSA) is 54.0 Å². The lowest BCUT2D eigenvalue weighted by atomic mass is 10.2. The van der Waals surface area contributed by atoms with Crippen molar-refractivity contribution < 1.29 is 9.18 Å². The summed E-state index contributed by atoms with van der Waals surface area (Å²) in [5.41, 5.74) is 2.47. The quantitative estimate of drug-likeness (QED) is 0.749. The van der Waals surface area contributed by atoms with Gasteiger partial charge in [0.1, 0.15) is 5.82 Å². The van der Waals surface area contributed by atoms with Crippen LogP contribution in [0.2, 0.25) is 0 Å². The summed E-state index contributed by atoms with van der Waals surface area (Å²) in [5, 5.41) is 5.88. The number of rotatable bonds is 5. The Labute approximate surface area is 139 Å². The highest BCUT2D eigenvalue weighted by Gasteiger charge is 2.08. The predicted molar refractivity (Wildman–Crippen MR) is 91.5 cm³/mol. The third kappa shape index (κ3) is 3.95. The molecular weight excluding hydrogens is 305 g/mol. The summed E-state index contributed by atoms with van der Waals surface area (Å²) in [5.74, 6) is -0.641. The molecule has 0 radical (unpaired) electrons. The molecule has 4 nitrogen and oxygen atoms in total. The molecule has 3 aromatic rings. The minimum Gasteiger partial charge on any atom is -0.354 e. The first-order chi connectivity index (χ1) is 11.7. The van der Waals surface area contributed by atoms with Crippen molar-refractivity contribution in [2.45, 2.75) is 6.54 Å². The molecule has 0 aliphatic carbocycles. The average molecular weight is 321 g/mol. The number of benzene rings is 2. The number of carbonyl (C=O) groups excluding carboxylic acids is 1. The van der Waals surface area contributed by atoms with Crippen molar-refractivity contribution in [1.29, 1.82) is 0 Å². The molecule has 0 aliphatic heterocycles. The third-order valence-corrected chi connectivity index (χ3v) is 3.46. The lowest BCUT2D eigenvalue weighted by molar-refractivity contribution is 0.0950. The van der Waals surface area contributed by atoms with E-state index >= 15 is 0 Å². The number of aromatic nitrogens is 1. The van der Waals surface area contributed by atoms with Crippen LogP contribution in [0, 0.1) is 5.82 Å². The molecule has 0 saturated heterocycles. The van der Waals surface area contributed by atoms with Crippen LogP contribution in [0.25, 0.3) is 0 Å². The van der Waals surface area contributed by atoms with E-state index in [9.17, 15) is 9.18 Å². The third-order valence-electron chi connectivity index (χ3n) is 3.46. The molecule has 0 bridgehead atoms. The van der Waals surface area contributed by atoms with Gasteiger partial charge in [0, 0.05) is 24.0 Å². The Morgan fingerprint density at radius 2 is 1.71 bits per heavy atom. The van der Waals surface area contributed by atoms with E-state index in [-0.39, 0.29) is 18.3 Å². The molecule has 24 heavy (non-hydrogen) atoms. The second-order valence-electron chi connectivity index (χ2n) is 5.23. The normalized spacial score (nSPS) is 10.2. The largest absolute Gasteiger partial charge is 0.354 e. The molecule has 2 aromatic carbocycles. The van der Waals surface area contributed by atoms with Crippen LogP contribution < -0.4 is 10.6 Å². The Bertz CT molecular complexity index is 837. The van der Waals surface area contributed by atoms with Gasteiger partial charge in [-0.1, -0.05) is 36.4 Å². The zero-order valence-corrected chi connectivity index (χ0v) is 12.9. The van der Waals surface area contributed by atoms with Crippen molar-refractivity contribution in [3.8, 4) is 0 Å². The number of halogens is 1. The van der Waals surface area contributed by atoms with Crippen molar-refractivity contribution in [2.75, 3.05) is 5.32 Å². The Morgan fingerprint density at radius 1 is 0.958 bits per heavy atom. The SMILES string of the molecule is O=C(NCc1ccccc1F)c1cncc(Nc2ccccc2)c1. The first-order valence-electron chi connectivity index (χ1n) is 7.51. The number of amides is 1. The lowest BCUT2D eigenvalue weighted by Gasteiger charge is -2.09.